The Hall–Kier alpha value is -2.48. The second-order valence-corrected chi connectivity index (χ2v) is 8.78. The number of aromatic amines is 1. The van der Waals surface area contributed by atoms with Crippen LogP contribution in [0.1, 0.15) is 17.0 Å². The molecule has 0 saturated heterocycles. The van der Waals surface area contributed by atoms with E-state index in [1.165, 1.54) is 16.7 Å². The molecule has 0 radical (unpaired) electrons. The third-order valence-corrected chi connectivity index (χ3v) is 7.29. The normalized spacial score (nSPS) is 13.0. The van der Waals surface area contributed by atoms with Crippen molar-refractivity contribution in [2.75, 3.05) is 0 Å². The number of nitrogens with one attached hydrogen (secondary N) is 1. The van der Waals surface area contributed by atoms with Crippen LogP contribution in [0.25, 0.3) is 43.0 Å². The number of aromatic nitrogens is 3. The Kier molecular flexibility index (Phi) is 3.91. The summed E-state index contributed by atoms with van der Waals surface area (Å²) in [5.74, 6) is 2.12. The average molecular weight is 434 g/mol. The molecule has 4 nitrogen and oxygen atoms in total. The summed E-state index contributed by atoms with van der Waals surface area (Å²) in [5.41, 5.74) is 6.91. The van der Waals surface area contributed by atoms with Crippen molar-refractivity contribution in [2.24, 2.45) is 0 Å². The first kappa shape index (κ1) is 17.4. The van der Waals surface area contributed by atoms with Crippen LogP contribution in [0.4, 0.5) is 0 Å². The molecule has 0 amide bonds. The van der Waals surface area contributed by atoms with Gasteiger partial charge in [0.1, 0.15) is 21.1 Å². The maximum atomic E-state index is 5.89. The van der Waals surface area contributed by atoms with Gasteiger partial charge in [0.05, 0.1) is 22.2 Å². The zero-order chi connectivity index (χ0) is 19.5. The van der Waals surface area contributed by atoms with Crippen molar-refractivity contribution in [1.82, 2.24) is 15.0 Å². The fraction of sp³-hybridized carbons (Fsp3) is 0.136. The molecule has 6 rings (SSSR count). The predicted molar refractivity (Wildman–Crippen MR) is 123 cm³/mol. The number of furan rings is 1. The van der Waals surface area contributed by atoms with E-state index >= 15 is 0 Å². The molecule has 0 spiro atoms. The number of fused-ring (bicyclic) bond motifs is 6. The molecule has 1 aliphatic carbocycles. The second-order valence-electron chi connectivity index (χ2n) is 7.08. The van der Waals surface area contributed by atoms with Crippen molar-refractivity contribution in [2.45, 2.75) is 18.6 Å². The highest BCUT2D eigenvalue weighted by molar-refractivity contribution is 7.79. The van der Waals surface area contributed by atoms with Crippen LogP contribution in [0, 0.1) is 4.64 Å². The molecule has 7 heteroatoms. The molecule has 142 valence electrons. The topological polar surface area (TPSA) is 54.7 Å². The first-order chi connectivity index (χ1) is 14.2. The Morgan fingerprint density at radius 2 is 2.03 bits per heavy atom. The fourth-order valence-electron chi connectivity index (χ4n) is 4.25. The van der Waals surface area contributed by atoms with Gasteiger partial charge in [-0.3, -0.25) is 0 Å². The number of H-pyrrole nitrogens is 1. The highest BCUT2D eigenvalue weighted by Gasteiger charge is 2.27. The minimum absolute atomic E-state index is 0.499. The summed E-state index contributed by atoms with van der Waals surface area (Å²) >= 11 is 11.6. The van der Waals surface area contributed by atoms with E-state index in [4.69, 9.17) is 21.6 Å². The van der Waals surface area contributed by atoms with Gasteiger partial charge in [0.2, 0.25) is 0 Å². The summed E-state index contributed by atoms with van der Waals surface area (Å²) in [5, 5.41) is 1.06. The lowest BCUT2D eigenvalue weighted by Crippen LogP contribution is -2.07. The molecule has 4 aromatic heterocycles. The van der Waals surface area contributed by atoms with Gasteiger partial charge in [-0.05, 0) is 36.1 Å². The lowest BCUT2D eigenvalue weighted by Gasteiger charge is -2.21. The number of pyridine rings is 1. The standard InChI is InChI=1S/C22H15N3OS3/c27-10-15-23-19-17-16(14-6-3-9-26-14)13-8-7-11-4-1-2-5-12(11)18(13)25-22(17)29-20(19)21(28)24-15/h1-6,9,27H,7-8,10H2,(H,23,24,28). The molecule has 0 atom stereocenters. The van der Waals surface area contributed by atoms with Crippen LogP contribution in [-0.2, 0) is 18.6 Å². The molecule has 1 N–H and O–H groups in total. The SMILES string of the molecule is S=c1nc(CS)[nH]c2c1sc1nc3c(c(-c4ccco4)c12)CCc1ccccc1-3. The molecule has 1 aromatic carbocycles. The summed E-state index contributed by atoms with van der Waals surface area (Å²) < 4.78 is 7.44. The van der Waals surface area contributed by atoms with Crippen LogP contribution >= 0.6 is 36.2 Å². The zero-order valence-electron chi connectivity index (χ0n) is 15.2. The van der Waals surface area contributed by atoms with E-state index in [0.717, 1.165) is 56.1 Å². The van der Waals surface area contributed by atoms with Crippen LogP contribution in [0.5, 0.6) is 0 Å². The number of nitrogens with zero attached hydrogens (tertiary/aromatic N) is 2. The molecule has 4 heterocycles. The molecular weight excluding hydrogens is 418 g/mol. The van der Waals surface area contributed by atoms with E-state index < -0.39 is 0 Å². The third-order valence-electron chi connectivity index (χ3n) is 5.47. The third kappa shape index (κ3) is 2.54. The first-order valence-electron chi connectivity index (χ1n) is 9.36. The van der Waals surface area contributed by atoms with Gasteiger partial charge in [0, 0.05) is 22.3 Å². The van der Waals surface area contributed by atoms with Gasteiger partial charge in [0.15, 0.2) is 0 Å². The van der Waals surface area contributed by atoms with E-state index in [1.807, 2.05) is 12.1 Å². The minimum Gasteiger partial charge on any atom is -0.464 e. The molecule has 0 aliphatic heterocycles. The maximum Gasteiger partial charge on any atom is 0.147 e. The number of rotatable bonds is 2. The Morgan fingerprint density at radius 3 is 2.86 bits per heavy atom. The van der Waals surface area contributed by atoms with Gasteiger partial charge in [-0.15, -0.1) is 11.3 Å². The quantitative estimate of drug-likeness (QED) is 0.251. The molecular formula is C22H15N3OS3. The first-order valence-corrected chi connectivity index (χ1v) is 11.2. The minimum atomic E-state index is 0.499. The zero-order valence-corrected chi connectivity index (χ0v) is 17.8. The molecule has 0 saturated carbocycles. The van der Waals surface area contributed by atoms with Gasteiger partial charge < -0.3 is 9.40 Å². The van der Waals surface area contributed by atoms with Crippen molar-refractivity contribution >= 4 is 56.6 Å². The van der Waals surface area contributed by atoms with Gasteiger partial charge >= 0.3 is 0 Å². The Labute approximate surface area is 181 Å². The Morgan fingerprint density at radius 1 is 1.14 bits per heavy atom. The molecule has 1 aliphatic rings. The van der Waals surface area contributed by atoms with Crippen LogP contribution in [0.15, 0.2) is 47.1 Å². The van der Waals surface area contributed by atoms with E-state index in [9.17, 15) is 0 Å². The molecule has 5 aromatic rings. The molecule has 0 fully saturated rings. The Balaban J connectivity index is 1.83. The van der Waals surface area contributed by atoms with Crippen molar-refractivity contribution < 1.29 is 4.42 Å². The van der Waals surface area contributed by atoms with E-state index in [0.29, 0.717) is 10.4 Å². The predicted octanol–water partition coefficient (Wildman–Crippen LogP) is 6.36. The van der Waals surface area contributed by atoms with Crippen LogP contribution in [0.2, 0.25) is 0 Å². The van der Waals surface area contributed by atoms with Gasteiger partial charge in [-0.25, -0.2) is 9.97 Å². The maximum absolute atomic E-state index is 5.89. The van der Waals surface area contributed by atoms with E-state index in [1.54, 1.807) is 17.6 Å². The van der Waals surface area contributed by atoms with Gasteiger partial charge in [-0.1, -0.05) is 36.5 Å². The summed E-state index contributed by atoms with van der Waals surface area (Å²) in [6, 6.07) is 12.5. The van der Waals surface area contributed by atoms with Crippen molar-refractivity contribution in [1.29, 1.82) is 0 Å². The largest absolute Gasteiger partial charge is 0.464 e. The second kappa shape index (κ2) is 6.52. The highest BCUT2D eigenvalue weighted by atomic mass is 32.1. The van der Waals surface area contributed by atoms with Crippen LogP contribution in [-0.4, -0.2) is 15.0 Å². The van der Waals surface area contributed by atoms with Gasteiger partial charge in [-0.2, -0.15) is 12.6 Å². The summed E-state index contributed by atoms with van der Waals surface area (Å²) in [7, 11) is 0. The summed E-state index contributed by atoms with van der Waals surface area (Å²) in [4.78, 5) is 14.0. The van der Waals surface area contributed by atoms with Crippen molar-refractivity contribution in [3.8, 4) is 22.6 Å². The lowest BCUT2D eigenvalue weighted by atomic mass is 9.85. The number of thiol groups is 1. The summed E-state index contributed by atoms with van der Waals surface area (Å²) in [6.45, 7) is 0. The fourth-order valence-corrected chi connectivity index (χ4v) is 5.76. The molecule has 0 unspecified atom stereocenters. The number of hydrogen-bond donors (Lipinski definition) is 2. The molecule has 29 heavy (non-hydrogen) atoms. The number of thiophene rings is 1. The van der Waals surface area contributed by atoms with Crippen molar-refractivity contribution in [3.05, 3.63) is 64.3 Å². The number of benzene rings is 1. The van der Waals surface area contributed by atoms with Crippen LogP contribution < -0.4 is 0 Å². The van der Waals surface area contributed by atoms with E-state index in [2.05, 4.69) is 46.9 Å². The van der Waals surface area contributed by atoms with Crippen LogP contribution in [0.3, 0.4) is 0 Å². The Bertz CT molecular complexity index is 1460. The highest BCUT2D eigenvalue weighted by Crippen LogP contribution is 2.46. The van der Waals surface area contributed by atoms with Crippen molar-refractivity contribution in [3.63, 3.8) is 0 Å². The smallest absolute Gasteiger partial charge is 0.147 e. The average Bonchev–Trinajstić information content (AvgIpc) is 3.40. The lowest BCUT2D eigenvalue weighted by molar-refractivity contribution is 0.582. The van der Waals surface area contributed by atoms with E-state index in [-0.39, 0.29) is 0 Å². The summed E-state index contributed by atoms with van der Waals surface area (Å²) in [6.07, 6.45) is 3.64. The monoisotopic (exact) mass is 433 g/mol. The van der Waals surface area contributed by atoms with Gasteiger partial charge in [0.25, 0.3) is 0 Å². The molecule has 0 bridgehead atoms. The number of aryl methyl sites for hydroxylation is 1. The number of hydrogen-bond acceptors (Lipinski definition) is 6.